The van der Waals surface area contributed by atoms with Crippen molar-refractivity contribution in [2.45, 2.75) is 44.6 Å². The summed E-state index contributed by atoms with van der Waals surface area (Å²) >= 11 is 5.80. The fraction of sp³-hybridized carbons (Fsp3) is 0.636. The van der Waals surface area contributed by atoms with Gasteiger partial charge in [0.15, 0.2) is 5.82 Å². The topological polar surface area (TPSA) is 55.9 Å². The minimum Gasteiger partial charge on any atom is -0.336 e. The van der Waals surface area contributed by atoms with Crippen molar-refractivity contribution in [1.29, 1.82) is 0 Å². The van der Waals surface area contributed by atoms with Crippen LogP contribution in [0.2, 0.25) is 5.02 Å². The molecule has 1 saturated carbocycles. The number of anilines is 1. The van der Waals surface area contributed by atoms with Crippen molar-refractivity contribution < 1.29 is 14.0 Å². The summed E-state index contributed by atoms with van der Waals surface area (Å²) in [6.07, 6.45) is 6.46. The Morgan fingerprint density at radius 3 is 2.63 bits per heavy atom. The second kappa shape index (κ2) is 9.52. The molecule has 6 nitrogen and oxygen atoms in total. The molecule has 2 heterocycles. The second-order valence-corrected chi connectivity index (χ2v) is 9.04. The lowest BCUT2D eigenvalue weighted by Crippen LogP contribution is -2.47. The van der Waals surface area contributed by atoms with E-state index in [1.807, 2.05) is 4.90 Å². The Kier molecular flexibility index (Phi) is 6.78. The standard InChI is InChI=1S/C22H30ClFN4O2/c23-18-5-4-6-19(20(18)24)25-22(30)27-12-9-17(15-27)28(21(29)16-7-8-16)14-13-26-10-2-1-3-11-26/h4-6,16-17H,1-3,7-15H2,(H,25,30). The van der Waals surface area contributed by atoms with E-state index in [4.69, 9.17) is 11.6 Å². The molecule has 1 aromatic carbocycles. The molecular formula is C22H30ClFN4O2. The van der Waals surface area contributed by atoms with Gasteiger partial charge in [0.25, 0.3) is 0 Å². The van der Waals surface area contributed by atoms with Crippen molar-refractivity contribution in [3.05, 3.63) is 29.0 Å². The van der Waals surface area contributed by atoms with Crippen LogP contribution in [0.25, 0.3) is 0 Å². The first-order valence-electron chi connectivity index (χ1n) is 11.1. The fourth-order valence-corrected chi connectivity index (χ4v) is 4.62. The van der Waals surface area contributed by atoms with Gasteiger partial charge < -0.3 is 20.0 Å². The number of piperidine rings is 1. The maximum absolute atomic E-state index is 14.1. The fourth-order valence-electron chi connectivity index (χ4n) is 4.44. The smallest absolute Gasteiger partial charge is 0.321 e. The number of carbonyl (C=O) groups is 2. The minimum atomic E-state index is -0.629. The predicted molar refractivity (Wildman–Crippen MR) is 115 cm³/mol. The third kappa shape index (κ3) is 5.06. The number of nitrogens with zero attached hydrogens (tertiary/aromatic N) is 3. The molecule has 8 heteroatoms. The van der Waals surface area contributed by atoms with Gasteiger partial charge in [0.2, 0.25) is 5.91 Å². The van der Waals surface area contributed by atoms with Gasteiger partial charge in [-0.25, -0.2) is 9.18 Å². The van der Waals surface area contributed by atoms with Gasteiger partial charge >= 0.3 is 6.03 Å². The van der Waals surface area contributed by atoms with Crippen molar-refractivity contribution in [1.82, 2.24) is 14.7 Å². The molecule has 1 aromatic rings. The van der Waals surface area contributed by atoms with Crippen molar-refractivity contribution in [3.63, 3.8) is 0 Å². The number of benzene rings is 1. The lowest BCUT2D eigenvalue weighted by molar-refractivity contribution is -0.135. The molecule has 0 bridgehead atoms. The normalized spacial score (nSPS) is 22.2. The van der Waals surface area contributed by atoms with Crippen LogP contribution in [0.5, 0.6) is 0 Å². The highest BCUT2D eigenvalue weighted by molar-refractivity contribution is 6.31. The van der Waals surface area contributed by atoms with Crippen LogP contribution in [0, 0.1) is 11.7 Å². The highest BCUT2D eigenvalue weighted by Gasteiger charge is 2.39. The number of likely N-dealkylation sites (tertiary alicyclic amines) is 2. The van der Waals surface area contributed by atoms with Crippen molar-refractivity contribution >= 4 is 29.2 Å². The SMILES string of the molecule is O=C(Nc1cccc(Cl)c1F)N1CCC(N(CCN2CCCCC2)C(=O)C2CC2)C1. The molecule has 2 aliphatic heterocycles. The Morgan fingerprint density at radius 2 is 1.90 bits per heavy atom. The summed E-state index contributed by atoms with van der Waals surface area (Å²) in [5.74, 6) is -0.231. The Morgan fingerprint density at radius 1 is 1.13 bits per heavy atom. The van der Waals surface area contributed by atoms with Crippen LogP contribution in [0.4, 0.5) is 14.9 Å². The van der Waals surface area contributed by atoms with E-state index >= 15 is 0 Å². The highest BCUT2D eigenvalue weighted by atomic mass is 35.5. The molecule has 0 aromatic heterocycles. The predicted octanol–water partition coefficient (Wildman–Crippen LogP) is 3.81. The summed E-state index contributed by atoms with van der Waals surface area (Å²) in [4.78, 5) is 31.7. The molecule has 30 heavy (non-hydrogen) atoms. The van der Waals surface area contributed by atoms with Gasteiger partial charge in [0.05, 0.1) is 16.8 Å². The molecule has 3 aliphatic rings. The second-order valence-electron chi connectivity index (χ2n) is 8.63. The summed E-state index contributed by atoms with van der Waals surface area (Å²) in [6, 6.07) is 4.22. The molecule has 1 N–H and O–H groups in total. The van der Waals surface area contributed by atoms with Crippen LogP contribution in [0.15, 0.2) is 18.2 Å². The van der Waals surface area contributed by atoms with Gasteiger partial charge in [0, 0.05) is 32.1 Å². The summed E-state index contributed by atoms with van der Waals surface area (Å²) in [7, 11) is 0. The van der Waals surface area contributed by atoms with Crippen molar-refractivity contribution in [2.24, 2.45) is 5.92 Å². The number of nitrogens with one attached hydrogen (secondary N) is 1. The van der Waals surface area contributed by atoms with E-state index in [2.05, 4.69) is 10.2 Å². The summed E-state index contributed by atoms with van der Waals surface area (Å²) in [5.41, 5.74) is 0.0759. The van der Waals surface area contributed by atoms with Gasteiger partial charge in [0.1, 0.15) is 0 Å². The quantitative estimate of drug-likeness (QED) is 0.737. The number of halogens is 2. The molecule has 3 fully saturated rings. The van der Waals surface area contributed by atoms with Crippen LogP contribution < -0.4 is 5.32 Å². The number of hydrogen-bond donors (Lipinski definition) is 1. The lowest BCUT2D eigenvalue weighted by Gasteiger charge is -2.33. The van der Waals surface area contributed by atoms with E-state index in [1.165, 1.54) is 31.4 Å². The Bertz CT molecular complexity index is 782. The third-order valence-electron chi connectivity index (χ3n) is 6.40. The number of urea groups is 1. The number of hydrogen-bond acceptors (Lipinski definition) is 3. The van der Waals surface area contributed by atoms with E-state index in [0.717, 1.165) is 45.4 Å². The molecule has 4 rings (SSSR count). The summed E-state index contributed by atoms with van der Waals surface area (Å²) < 4.78 is 14.1. The maximum atomic E-state index is 14.1. The molecule has 3 amide bonds. The number of amides is 3. The van der Waals surface area contributed by atoms with Crippen LogP contribution in [-0.2, 0) is 4.79 Å². The van der Waals surface area contributed by atoms with Crippen molar-refractivity contribution in [2.75, 3.05) is 44.6 Å². The zero-order chi connectivity index (χ0) is 21.1. The van der Waals surface area contributed by atoms with E-state index in [0.29, 0.717) is 13.1 Å². The molecular weight excluding hydrogens is 407 g/mol. The zero-order valence-electron chi connectivity index (χ0n) is 17.3. The Labute approximate surface area is 182 Å². The van der Waals surface area contributed by atoms with Crippen LogP contribution in [0.1, 0.15) is 38.5 Å². The van der Waals surface area contributed by atoms with Crippen LogP contribution in [-0.4, -0.2) is 71.9 Å². The first kappa shape index (κ1) is 21.4. The average molecular weight is 437 g/mol. The number of rotatable bonds is 6. The number of carbonyl (C=O) groups excluding carboxylic acids is 2. The lowest BCUT2D eigenvalue weighted by atomic mass is 10.1. The summed E-state index contributed by atoms with van der Waals surface area (Å²) in [6.45, 7) is 4.86. The zero-order valence-corrected chi connectivity index (χ0v) is 18.0. The monoisotopic (exact) mass is 436 g/mol. The van der Waals surface area contributed by atoms with Crippen LogP contribution >= 0.6 is 11.6 Å². The van der Waals surface area contributed by atoms with Gasteiger partial charge in [-0.1, -0.05) is 24.1 Å². The highest BCUT2D eigenvalue weighted by Crippen LogP contribution is 2.33. The maximum Gasteiger partial charge on any atom is 0.321 e. The van der Waals surface area contributed by atoms with E-state index in [9.17, 15) is 14.0 Å². The Hall–Kier alpha value is -1.86. The minimum absolute atomic E-state index is 0.0222. The molecule has 164 valence electrons. The molecule has 0 spiro atoms. The molecule has 0 radical (unpaired) electrons. The molecule has 2 saturated heterocycles. The van der Waals surface area contributed by atoms with E-state index < -0.39 is 5.82 Å². The largest absolute Gasteiger partial charge is 0.336 e. The van der Waals surface area contributed by atoms with Gasteiger partial charge in [-0.15, -0.1) is 0 Å². The summed E-state index contributed by atoms with van der Waals surface area (Å²) in [5, 5.41) is 2.59. The van der Waals surface area contributed by atoms with Crippen molar-refractivity contribution in [3.8, 4) is 0 Å². The molecule has 1 aliphatic carbocycles. The molecule has 1 atom stereocenters. The Balaban J connectivity index is 1.36. The first-order valence-corrected chi connectivity index (χ1v) is 11.4. The van der Waals surface area contributed by atoms with Crippen LogP contribution in [0.3, 0.4) is 0 Å². The first-order chi connectivity index (χ1) is 14.5. The molecule has 1 unspecified atom stereocenters. The van der Waals surface area contributed by atoms with Gasteiger partial charge in [-0.2, -0.15) is 0 Å². The third-order valence-corrected chi connectivity index (χ3v) is 6.69. The van der Waals surface area contributed by atoms with Gasteiger partial charge in [-0.3, -0.25) is 4.79 Å². The van der Waals surface area contributed by atoms with Gasteiger partial charge in [-0.05, 0) is 57.3 Å². The van der Waals surface area contributed by atoms with E-state index in [-0.39, 0.29) is 34.6 Å². The average Bonchev–Trinajstić information content (AvgIpc) is 3.49. The van der Waals surface area contributed by atoms with E-state index in [1.54, 1.807) is 11.0 Å².